The topological polar surface area (TPSA) is 97.7 Å². The van der Waals surface area contributed by atoms with Gasteiger partial charge in [0, 0.05) is 5.56 Å². The van der Waals surface area contributed by atoms with E-state index in [9.17, 15) is 23.1 Å². The highest BCUT2D eigenvalue weighted by Gasteiger charge is 2.22. The Morgan fingerprint density at radius 2 is 1.84 bits per heavy atom. The lowest BCUT2D eigenvalue weighted by atomic mass is 9.91. The molecule has 1 atom stereocenters. The van der Waals surface area contributed by atoms with Gasteiger partial charge in [-0.2, -0.15) is 8.42 Å². The zero-order chi connectivity index (χ0) is 18.6. The number of hydrogen-bond donors (Lipinski definition) is 1. The second kappa shape index (κ2) is 7.58. The van der Waals surface area contributed by atoms with Crippen molar-refractivity contribution in [3.63, 3.8) is 0 Å². The van der Waals surface area contributed by atoms with Gasteiger partial charge in [-0.3, -0.25) is 8.98 Å². The predicted molar refractivity (Wildman–Crippen MR) is 92.3 cm³/mol. The summed E-state index contributed by atoms with van der Waals surface area (Å²) in [5, 5.41) is 10.4. The van der Waals surface area contributed by atoms with E-state index in [-0.39, 0.29) is 23.7 Å². The van der Waals surface area contributed by atoms with Gasteiger partial charge in [-0.25, -0.2) is 0 Å². The highest BCUT2D eigenvalue weighted by molar-refractivity contribution is 7.85. The van der Waals surface area contributed by atoms with Gasteiger partial charge in [-0.1, -0.05) is 36.4 Å². The first-order valence-electron chi connectivity index (χ1n) is 7.46. The molecule has 7 heteroatoms. The van der Waals surface area contributed by atoms with Gasteiger partial charge in [-0.15, -0.1) is 0 Å². The van der Waals surface area contributed by atoms with Crippen molar-refractivity contribution in [1.29, 1.82) is 0 Å². The molecule has 2 rings (SSSR count). The standard InChI is InChI=1S/C18H18O6S/c1-12-15(14(10-19)11-24-25(2,22)23)8-9-16(17(12)20)18(21)13-6-4-3-5-7-13/h3-10,14,20H,11H2,1-2H3. The number of phenols is 1. The lowest BCUT2D eigenvalue weighted by Gasteiger charge is -2.16. The van der Waals surface area contributed by atoms with Crippen LogP contribution in [0.2, 0.25) is 0 Å². The highest BCUT2D eigenvalue weighted by atomic mass is 32.2. The van der Waals surface area contributed by atoms with Crippen LogP contribution in [0.1, 0.15) is 33.0 Å². The summed E-state index contributed by atoms with van der Waals surface area (Å²) in [6.45, 7) is 1.19. The molecule has 0 aliphatic carbocycles. The number of ketones is 1. The third-order valence-electron chi connectivity index (χ3n) is 3.78. The molecule has 0 heterocycles. The first-order chi connectivity index (χ1) is 11.7. The van der Waals surface area contributed by atoms with E-state index in [1.165, 1.54) is 12.1 Å². The van der Waals surface area contributed by atoms with E-state index in [1.54, 1.807) is 37.3 Å². The van der Waals surface area contributed by atoms with Gasteiger partial charge < -0.3 is 9.90 Å². The number of carbonyl (C=O) groups excluding carboxylic acids is 2. The van der Waals surface area contributed by atoms with Crippen molar-refractivity contribution < 1.29 is 27.3 Å². The van der Waals surface area contributed by atoms with Crippen molar-refractivity contribution >= 4 is 22.2 Å². The Hall–Kier alpha value is -2.51. The molecular weight excluding hydrogens is 344 g/mol. The molecule has 2 aromatic rings. The maximum atomic E-state index is 12.5. The number of phenolic OH excluding ortho intramolecular Hbond substituents is 1. The van der Waals surface area contributed by atoms with E-state index in [0.717, 1.165) is 6.26 Å². The average Bonchev–Trinajstić information content (AvgIpc) is 2.58. The molecule has 2 aromatic carbocycles. The quantitative estimate of drug-likeness (QED) is 0.461. The van der Waals surface area contributed by atoms with Crippen LogP contribution in [0.3, 0.4) is 0 Å². The molecule has 132 valence electrons. The van der Waals surface area contributed by atoms with Crippen molar-refractivity contribution in [2.24, 2.45) is 0 Å². The van der Waals surface area contributed by atoms with E-state index in [0.29, 0.717) is 23.0 Å². The van der Waals surface area contributed by atoms with Gasteiger partial charge in [0.1, 0.15) is 12.0 Å². The Balaban J connectivity index is 2.36. The number of rotatable bonds is 7. The number of aromatic hydroxyl groups is 1. The van der Waals surface area contributed by atoms with Crippen molar-refractivity contribution in [1.82, 2.24) is 0 Å². The Bertz CT molecular complexity index is 887. The highest BCUT2D eigenvalue weighted by Crippen LogP contribution is 2.31. The Kier molecular flexibility index (Phi) is 5.71. The van der Waals surface area contributed by atoms with Gasteiger partial charge in [0.2, 0.25) is 0 Å². The lowest BCUT2D eigenvalue weighted by molar-refractivity contribution is -0.109. The van der Waals surface area contributed by atoms with Crippen LogP contribution in [0.4, 0.5) is 0 Å². The molecule has 0 saturated heterocycles. The van der Waals surface area contributed by atoms with Crippen LogP contribution in [0.5, 0.6) is 5.75 Å². The molecule has 0 saturated carbocycles. The number of carbonyl (C=O) groups is 2. The van der Waals surface area contributed by atoms with Crippen molar-refractivity contribution in [3.05, 3.63) is 64.7 Å². The molecule has 25 heavy (non-hydrogen) atoms. The summed E-state index contributed by atoms with van der Waals surface area (Å²) in [4.78, 5) is 23.8. The minimum Gasteiger partial charge on any atom is -0.507 e. The SMILES string of the molecule is Cc1c(C(C=O)COS(C)(=O)=O)ccc(C(=O)c2ccccc2)c1O. The van der Waals surface area contributed by atoms with E-state index < -0.39 is 16.0 Å². The third-order valence-corrected chi connectivity index (χ3v) is 4.34. The largest absolute Gasteiger partial charge is 0.507 e. The number of hydrogen-bond acceptors (Lipinski definition) is 6. The average molecular weight is 362 g/mol. The maximum absolute atomic E-state index is 12.5. The zero-order valence-corrected chi connectivity index (χ0v) is 14.6. The molecule has 0 fully saturated rings. The van der Waals surface area contributed by atoms with Gasteiger partial charge in [0.25, 0.3) is 10.1 Å². The molecule has 0 aliphatic heterocycles. The summed E-state index contributed by atoms with van der Waals surface area (Å²) in [7, 11) is -3.69. The van der Waals surface area contributed by atoms with Gasteiger partial charge in [0.15, 0.2) is 5.78 Å². The molecular formula is C18H18O6S. The molecule has 1 N–H and O–H groups in total. The summed E-state index contributed by atoms with van der Waals surface area (Å²) >= 11 is 0. The second-order valence-electron chi connectivity index (χ2n) is 5.60. The van der Waals surface area contributed by atoms with E-state index in [4.69, 9.17) is 0 Å². The molecule has 6 nitrogen and oxygen atoms in total. The first-order valence-corrected chi connectivity index (χ1v) is 9.28. The molecule has 0 bridgehead atoms. The molecule has 0 radical (unpaired) electrons. The van der Waals surface area contributed by atoms with Crippen LogP contribution in [-0.2, 0) is 19.1 Å². The third kappa shape index (κ3) is 4.52. The fourth-order valence-corrected chi connectivity index (χ4v) is 2.84. The van der Waals surface area contributed by atoms with Crippen LogP contribution in [0, 0.1) is 6.92 Å². The summed E-state index contributed by atoms with van der Waals surface area (Å²) in [6.07, 6.45) is 1.44. The van der Waals surface area contributed by atoms with Gasteiger partial charge in [0.05, 0.1) is 24.3 Å². The summed E-state index contributed by atoms with van der Waals surface area (Å²) in [5.41, 5.74) is 1.27. The van der Waals surface area contributed by atoms with Crippen LogP contribution in [0.15, 0.2) is 42.5 Å². The number of aldehydes is 1. The fourth-order valence-electron chi connectivity index (χ4n) is 2.44. The van der Waals surface area contributed by atoms with Crippen LogP contribution in [-0.4, -0.2) is 38.5 Å². The van der Waals surface area contributed by atoms with E-state index in [1.807, 2.05) is 0 Å². The molecule has 1 unspecified atom stereocenters. The maximum Gasteiger partial charge on any atom is 0.264 e. The fraction of sp³-hybridized carbons (Fsp3) is 0.222. The van der Waals surface area contributed by atoms with Gasteiger partial charge in [-0.05, 0) is 24.1 Å². The summed E-state index contributed by atoms with van der Waals surface area (Å²) in [6, 6.07) is 11.4. The van der Waals surface area contributed by atoms with E-state index in [2.05, 4.69) is 4.18 Å². The minimum absolute atomic E-state index is 0.112. The monoisotopic (exact) mass is 362 g/mol. The van der Waals surface area contributed by atoms with Gasteiger partial charge >= 0.3 is 0 Å². The van der Waals surface area contributed by atoms with Crippen molar-refractivity contribution in [2.45, 2.75) is 12.8 Å². The predicted octanol–water partition coefficient (Wildman–Crippen LogP) is 2.19. The van der Waals surface area contributed by atoms with Crippen LogP contribution < -0.4 is 0 Å². The first kappa shape index (κ1) is 18.8. The Labute approximate surface area is 146 Å². The van der Waals surface area contributed by atoms with Crippen molar-refractivity contribution in [3.8, 4) is 5.75 Å². The Morgan fingerprint density at radius 1 is 1.20 bits per heavy atom. The number of benzene rings is 2. The van der Waals surface area contributed by atoms with E-state index >= 15 is 0 Å². The van der Waals surface area contributed by atoms with Crippen LogP contribution >= 0.6 is 0 Å². The zero-order valence-electron chi connectivity index (χ0n) is 13.8. The lowest BCUT2D eigenvalue weighted by Crippen LogP contribution is -2.15. The van der Waals surface area contributed by atoms with Crippen molar-refractivity contribution in [2.75, 3.05) is 12.9 Å². The minimum atomic E-state index is -3.69. The van der Waals surface area contributed by atoms with Crippen LogP contribution in [0.25, 0.3) is 0 Å². The second-order valence-corrected chi connectivity index (χ2v) is 7.25. The summed E-state index contributed by atoms with van der Waals surface area (Å²) < 4.78 is 26.9. The summed E-state index contributed by atoms with van der Waals surface area (Å²) in [5.74, 6) is -1.46. The molecule has 0 aliphatic rings. The smallest absolute Gasteiger partial charge is 0.264 e. The molecule has 0 spiro atoms. The Morgan fingerprint density at radius 3 is 2.40 bits per heavy atom. The molecule has 0 amide bonds. The molecule has 0 aromatic heterocycles. The normalized spacial score (nSPS) is 12.6.